The Bertz CT molecular complexity index is 860. The van der Waals surface area contributed by atoms with E-state index in [0.29, 0.717) is 22.6 Å². The normalized spacial score (nSPS) is 13.4. The molecular formula is C19H18N2O4. The Kier molecular flexibility index (Phi) is 4.52. The number of methoxy groups -OCH3 is 1. The Morgan fingerprint density at radius 3 is 2.72 bits per heavy atom. The van der Waals surface area contributed by atoms with E-state index < -0.39 is 11.8 Å². The van der Waals surface area contributed by atoms with Gasteiger partial charge in [0.15, 0.2) is 0 Å². The molecule has 3 rings (SSSR count). The van der Waals surface area contributed by atoms with Crippen molar-refractivity contribution in [1.82, 2.24) is 4.90 Å². The molecular weight excluding hydrogens is 320 g/mol. The molecule has 0 saturated heterocycles. The SMILES string of the molecule is COc1ccc(C)cc1NC(=O)CN1C(=O)Cc2ccccc2C1=O. The summed E-state index contributed by atoms with van der Waals surface area (Å²) in [6.07, 6.45) is 0.114. The second-order valence-corrected chi connectivity index (χ2v) is 5.87. The zero-order valence-electron chi connectivity index (χ0n) is 14.0. The summed E-state index contributed by atoms with van der Waals surface area (Å²) in [5.41, 5.74) is 2.61. The maximum absolute atomic E-state index is 12.5. The molecule has 0 aromatic heterocycles. The van der Waals surface area contributed by atoms with Gasteiger partial charge >= 0.3 is 0 Å². The number of rotatable bonds is 4. The topological polar surface area (TPSA) is 75.7 Å². The molecule has 1 aliphatic rings. The summed E-state index contributed by atoms with van der Waals surface area (Å²) < 4.78 is 5.22. The Morgan fingerprint density at radius 2 is 1.96 bits per heavy atom. The van der Waals surface area contributed by atoms with E-state index in [2.05, 4.69) is 5.32 Å². The van der Waals surface area contributed by atoms with Crippen molar-refractivity contribution in [2.45, 2.75) is 13.3 Å². The fourth-order valence-corrected chi connectivity index (χ4v) is 2.81. The molecule has 0 atom stereocenters. The summed E-state index contributed by atoms with van der Waals surface area (Å²) in [5.74, 6) is -0.765. The smallest absolute Gasteiger partial charge is 0.261 e. The number of imide groups is 1. The molecule has 2 aromatic rings. The van der Waals surface area contributed by atoms with Crippen LogP contribution in [-0.4, -0.2) is 36.3 Å². The lowest BCUT2D eigenvalue weighted by molar-refractivity contribution is -0.131. The number of amides is 3. The van der Waals surface area contributed by atoms with Gasteiger partial charge in [0.25, 0.3) is 5.91 Å². The highest BCUT2D eigenvalue weighted by atomic mass is 16.5. The summed E-state index contributed by atoms with van der Waals surface area (Å²) in [7, 11) is 1.51. The minimum atomic E-state index is -0.454. The van der Waals surface area contributed by atoms with Gasteiger partial charge in [0.2, 0.25) is 11.8 Å². The van der Waals surface area contributed by atoms with Gasteiger partial charge in [0.1, 0.15) is 12.3 Å². The average molecular weight is 338 g/mol. The third-order valence-corrected chi connectivity index (χ3v) is 4.07. The van der Waals surface area contributed by atoms with E-state index in [-0.39, 0.29) is 18.9 Å². The molecule has 0 aliphatic carbocycles. The summed E-state index contributed by atoms with van der Waals surface area (Å²) >= 11 is 0. The van der Waals surface area contributed by atoms with Gasteiger partial charge < -0.3 is 10.1 Å². The Labute approximate surface area is 145 Å². The molecule has 2 aromatic carbocycles. The molecule has 1 heterocycles. The Morgan fingerprint density at radius 1 is 1.20 bits per heavy atom. The van der Waals surface area contributed by atoms with Crippen LogP contribution in [0.3, 0.4) is 0 Å². The molecule has 128 valence electrons. The molecule has 0 unspecified atom stereocenters. The third kappa shape index (κ3) is 3.38. The number of ether oxygens (including phenoxy) is 1. The first kappa shape index (κ1) is 16.7. The first-order chi connectivity index (χ1) is 12.0. The largest absolute Gasteiger partial charge is 0.495 e. The van der Waals surface area contributed by atoms with E-state index >= 15 is 0 Å². The summed E-state index contributed by atoms with van der Waals surface area (Å²) in [6.45, 7) is 1.56. The van der Waals surface area contributed by atoms with Crippen LogP contribution >= 0.6 is 0 Å². The van der Waals surface area contributed by atoms with Crippen LogP contribution in [0.2, 0.25) is 0 Å². The first-order valence-corrected chi connectivity index (χ1v) is 7.86. The van der Waals surface area contributed by atoms with Gasteiger partial charge in [-0.1, -0.05) is 24.3 Å². The molecule has 0 saturated carbocycles. The molecule has 6 heteroatoms. The number of hydrogen-bond donors (Lipinski definition) is 1. The number of carbonyl (C=O) groups is 3. The average Bonchev–Trinajstić information content (AvgIpc) is 2.59. The predicted molar refractivity (Wildman–Crippen MR) is 92.6 cm³/mol. The summed E-state index contributed by atoms with van der Waals surface area (Å²) in [4.78, 5) is 38.1. The van der Waals surface area contributed by atoms with Crippen molar-refractivity contribution in [3.63, 3.8) is 0 Å². The monoisotopic (exact) mass is 338 g/mol. The van der Waals surface area contributed by atoms with Gasteiger partial charge in [0.05, 0.1) is 19.2 Å². The van der Waals surface area contributed by atoms with Crippen LogP contribution in [0.5, 0.6) is 5.75 Å². The van der Waals surface area contributed by atoms with Crippen LogP contribution in [-0.2, 0) is 16.0 Å². The molecule has 25 heavy (non-hydrogen) atoms. The minimum Gasteiger partial charge on any atom is -0.495 e. The van der Waals surface area contributed by atoms with Crippen LogP contribution in [0.15, 0.2) is 42.5 Å². The van der Waals surface area contributed by atoms with Crippen molar-refractivity contribution in [3.05, 3.63) is 59.2 Å². The van der Waals surface area contributed by atoms with Crippen LogP contribution in [0.4, 0.5) is 5.69 Å². The van der Waals surface area contributed by atoms with Crippen molar-refractivity contribution >= 4 is 23.4 Å². The zero-order chi connectivity index (χ0) is 18.0. The summed E-state index contributed by atoms with van der Waals surface area (Å²) in [5, 5.41) is 2.70. The number of anilines is 1. The van der Waals surface area contributed by atoms with E-state index in [0.717, 1.165) is 10.5 Å². The highest BCUT2D eigenvalue weighted by Crippen LogP contribution is 2.25. The van der Waals surface area contributed by atoms with Crippen molar-refractivity contribution in [2.75, 3.05) is 19.0 Å². The maximum Gasteiger partial charge on any atom is 0.261 e. The first-order valence-electron chi connectivity index (χ1n) is 7.86. The quantitative estimate of drug-likeness (QED) is 0.867. The number of nitrogens with zero attached hydrogens (tertiary/aromatic N) is 1. The van der Waals surface area contributed by atoms with E-state index in [4.69, 9.17) is 4.74 Å². The standard InChI is InChI=1S/C19H18N2O4/c1-12-7-8-16(25-2)15(9-12)20-17(22)11-21-18(23)10-13-5-3-4-6-14(13)19(21)24/h3-9H,10-11H2,1-2H3,(H,20,22). The second-order valence-electron chi connectivity index (χ2n) is 5.87. The van der Waals surface area contributed by atoms with Gasteiger partial charge in [-0.05, 0) is 36.2 Å². The molecule has 1 N–H and O–H groups in total. The van der Waals surface area contributed by atoms with Crippen LogP contribution in [0, 0.1) is 6.92 Å². The van der Waals surface area contributed by atoms with E-state index in [1.54, 1.807) is 36.4 Å². The number of fused-ring (bicyclic) bond motifs is 1. The second kappa shape index (κ2) is 6.76. The van der Waals surface area contributed by atoms with Gasteiger partial charge in [-0.2, -0.15) is 0 Å². The predicted octanol–water partition coefficient (Wildman–Crippen LogP) is 2.17. The fraction of sp³-hybridized carbons (Fsp3) is 0.211. The molecule has 0 spiro atoms. The molecule has 0 radical (unpaired) electrons. The number of carbonyl (C=O) groups excluding carboxylic acids is 3. The number of hydrogen-bond acceptors (Lipinski definition) is 4. The number of aryl methyl sites for hydroxylation is 1. The molecule has 6 nitrogen and oxygen atoms in total. The molecule has 1 aliphatic heterocycles. The van der Waals surface area contributed by atoms with E-state index in [9.17, 15) is 14.4 Å². The van der Waals surface area contributed by atoms with Crippen molar-refractivity contribution < 1.29 is 19.1 Å². The highest BCUT2D eigenvalue weighted by molar-refractivity contribution is 6.12. The molecule has 3 amide bonds. The van der Waals surface area contributed by atoms with Gasteiger partial charge in [-0.3, -0.25) is 19.3 Å². The van der Waals surface area contributed by atoms with Crippen LogP contribution in [0.25, 0.3) is 0 Å². The van der Waals surface area contributed by atoms with Crippen LogP contribution in [0.1, 0.15) is 21.5 Å². The summed E-state index contributed by atoms with van der Waals surface area (Å²) in [6, 6.07) is 12.3. The van der Waals surface area contributed by atoms with E-state index in [1.807, 2.05) is 13.0 Å². The Hall–Kier alpha value is -3.15. The van der Waals surface area contributed by atoms with Crippen molar-refractivity contribution in [3.8, 4) is 5.75 Å². The van der Waals surface area contributed by atoms with Crippen molar-refractivity contribution in [1.29, 1.82) is 0 Å². The van der Waals surface area contributed by atoms with Crippen molar-refractivity contribution in [2.24, 2.45) is 0 Å². The number of nitrogens with one attached hydrogen (secondary N) is 1. The fourth-order valence-electron chi connectivity index (χ4n) is 2.81. The third-order valence-electron chi connectivity index (χ3n) is 4.07. The highest BCUT2D eigenvalue weighted by Gasteiger charge is 2.32. The molecule has 0 fully saturated rings. The van der Waals surface area contributed by atoms with Crippen LogP contribution < -0.4 is 10.1 Å². The number of benzene rings is 2. The van der Waals surface area contributed by atoms with E-state index in [1.165, 1.54) is 7.11 Å². The lowest BCUT2D eigenvalue weighted by atomic mass is 9.98. The van der Waals surface area contributed by atoms with Gasteiger partial charge in [0, 0.05) is 5.56 Å². The van der Waals surface area contributed by atoms with Gasteiger partial charge in [-0.25, -0.2) is 0 Å². The zero-order valence-corrected chi connectivity index (χ0v) is 14.0. The maximum atomic E-state index is 12.5. The Balaban J connectivity index is 1.76. The lowest BCUT2D eigenvalue weighted by Gasteiger charge is -2.26. The lowest BCUT2D eigenvalue weighted by Crippen LogP contribution is -2.46. The minimum absolute atomic E-state index is 0.114. The molecule has 0 bridgehead atoms. The van der Waals surface area contributed by atoms with Gasteiger partial charge in [-0.15, -0.1) is 0 Å².